The first-order valence-corrected chi connectivity index (χ1v) is 5.35. The second-order valence-corrected chi connectivity index (χ2v) is 3.67. The molecule has 16 heavy (non-hydrogen) atoms. The number of anilines is 1. The van der Waals surface area contributed by atoms with Crippen LogP contribution in [0.4, 0.5) is 5.69 Å². The van der Waals surface area contributed by atoms with Gasteiger partial charge in [-0.2, -0.15) is 0 Å². The molecular weight excluding hydrogens is 204 g/mol. The van der Waals surface area contributed by atoms with Crippen molar-refractivity contribution in [2.24, 2.45) is 0 Å². The molecule has 1 unspecified atom stereocenters. The minimum absolute atomic E-state index is 0.0580. The average molecular weight is 222 g/mol. The number of likely N-dealkylation sites (N-methyl/N-ethyl adjacent to an activating group) is 1. The highest BCUT2D eigenvalue weighted by molar-refractivity contribution is 5.94. The zero-order valence-electron chi connectivity index (χ0n) is 9.66. The first kappa shape index (κ1) is 12.7. The number of hydrogen-bond donors (Lipinski definition) is 3. The van der Waals surface area contributed by atoms with Crippen LogP contribution in [-0.4, -0.2) is 30.7 Å². The van der Waals surface area contributed by atoms with Crippen LogP contribution in [0.3, 0.4) is 0 Å². The molecule has 0 fully saturated rings. The highest BCUT2D eigenvalue weighted by atomic mass is 16.2. The zero-order chi connectivity index (χ0) is 12.0. The second kappa shape index (κ2) is 6.25. The normalized spacial score (nSPS) is 12.2. The van der Waals surface area contributed by atoms with Crippen LogP contribution in [-0.2, 0) is 11.2 Å². The standard InChI is InChI=1S/C12H18N2O2/c1-9(13-2)12(16)14-11-5-3-10(4-6-11)7-8-15/h3-6,9,13,15H,7-8H2,1-2H3,(H,14,16). The maximum atomic E-state index is 11.5. The first-order valence-electron chi connectivity index (χ1n) is 5.35. The molecule has 4 nitrogen and oxygen atoms in total. The van der Waals surface area contributed by atoms with E-state index in [2.05, 4.69) is 10.6 Å². The summed E-state index contributed by atoms with van der Waals surface area (Å²) < 4.78 is 0. The van der Waals surface area contributed by atoms with E-state index in [1.54, 1.807) is 14.0 Å². The number of amides is 1. The Labute approximate surface area is 95.7 Å². The highest BCUT2D eigenvalue weighted by Gasteiger charge is 2.09. The first-order chi connectivity index (χ1) is 7.67. The van der Waals surface area contributed by atoms with Crippen LogP contribution in [0.25, 0.3) is 0 Å². The lowest BCUT2D eigenvalue weighted by atomic mass is 10.1. The number of nitrogens with one attached hydrogen (secondary N) is 2. The van der Waals surface area contributed by atoms with Crippen molar-refractivity contribution in [2.45, 2.75) is 19.4 Å². The molecule has 1 aromatic rings. The Bertz CT molecular complexity index is 335. The van der Waals surface area contributed by atoms with Gasteiger partial charge in [0.1, 0.15) is 0 Å². The van der Waals surface area contributed by atoms with E-state index in [0.29, 0.717) is 6.42 Å². The van der Waals surface area contributed by atoms with E-state index in [-0.39, 0.29) is 18.6 Å². The maximum absolute atomic E-state index is 11.5. The topological polar surface area (TPSA) is 61.4 Å². The number of carbonyl (C=O) groups excluding carboxylic acids is 1. The van der Waals surface area contributed by atoms with Gasteiger partial charge < -0.3 is 15.7 Å². The molecule has 0 radical (unpaired) electrons. The fraction of sp³-hybridized carbons (Fsp3) is 0.417. The summed E-state index contributed by atoms with van der Waals surface area (Å²) in [5.41, 5.74) is 1.83. The van der Waals surface area contributed by atoms with Crippen LogP contribution in [0.1, 0.15) is 12.5 Å². The molecule has 4 heteroatoms. The second-order valence-electron chi connectivity index (χ2n) is 3.67. The molecule has 0 saturated carbocycles. The molecule has 0 bridgehead atoms. The lowest BCUT2D eigenvalue weighted by molar-refractivity contribution is -0.117. The van der Waals surface area contributed by atoms with Crippen molar-refractivity contribution in [3.8, 4) is 0 Å². The summed E-state index contributed by atoms with van der Waals surface area (Å²) in [6, 6.07) is 7.26. The SMILES string of the molecule is CNC(C)C(=O)Nc1ccc(CCO)cc1. The summed E-state index contributed by atoms with van der Waals surface area (Å²) >= 11 is 0. The third-order valence-electron chi connectivity index (χ3n) is 2.45. The van der Waals surface area contributed by atoms with E-state index in [4.69, 9.17) is 5.11 Å². The quantitative estimate of drug-likeness (QED) is 0.689. The van der Waals surface area contributed by atoms with Crippen molar-refractivity contribution in [3.63, 3.8) is 0 Å². The van der Waals surface area contributed by atoms with Crippen LogP contribution >= 0.6 is 0 Å². The van der Waals surface area contributed by atoms with Crippen molar-refractivity contribution < 1.29 is 9.90 Å². The molecule has 0 spiro atoms. The van der Waals surface area contributed by atoms with E-state index in [0.717, 1.165) is 11.3 Å². The summed E-state index contributed by atoms with van der Waals surface area (Å²) in [6.45, 7) is 1.94. The van der Waals surface area contributed by atoms with Crippen molar-refractivity contribution >= 4 is 11.6 Å². The van der Waals surface area contributed by atoms with Crippen LogP contribution in [0.15, 0.2) is 24.3 Å². The molecule has 0 aromatic heterocycles. The van der Waals surface area contributed by atoms with Gasteiger partial charge in [-0.3, -0.25) is 4.79 Å². The van der Waals surface area contributed by atoms with Gasteiger partial charge in [0.2, 0.25) is 5.91 Å². The Kier molecular flexibility index (Phi) is 4.95. The van der Waals surface area contributed by atoms with Gasteiger partial charge in [0, 0.05) is 12.3 Å². The molecular formula is C12H18N2O2. The van der Waals surface area contributed by atoms with Crippen LogP contribution in [0, 0.1) is 0 Å². The van der Waals surface area contributed by atoms with Gasteiger partial charge in [-0.1, -0.05) is 12.1 Å². The number of hydrogen-bond acceptors (Lipinski definition) is 3. The summed E-state index contributed by atoms with van der Waals surface area (Å²) in [6.07, 6.45) is 0.640. The van der Waals surface area contributed by atoms with Crippen LogP contribution in [0.5, 0.6) is 0 Å². The molecule has 1 aromatic carbocycles. The Balaban J connectivity index is 2.58. The molecule has 0 saturated heterocycles. The molecule has 1 amide bonds. The van der Waals surface area contributed by atoms with Crippen molar-refractivity contribution in [1.29, 1.82) is 0 Å². The van der Waals surface area contributed by atoms with Gasteiger partial charge in [-0.25, -0.2) is 0 Å². The molecule has 0 heterocycles. The molecule has 0 aliphatic heterocycles. The molecule has 0 aliphatic carbocycles. The monoisotopic (exact) mass is 222 g/mol. The average Bonchev–Trinajstić information content (AvgIpc) is 2.31. The van der Waals surface area contributed by atoms with Gasteiger partial charge in [-0.15, -0.1) is 0 Å². The molecule has 3 N–H and O–H groups in total. The van der Waals surface area contributed by atoms with Gasteiger partial charge in [0.25, 0.3) is 0 Å². The molecule has 1 atom stereocenters. The van der Waals surface area contributed by atoms with E-state index >= 15 is 0 Å². The lowest BCUT2D eigenvalue weighted by Crippen LogP contribution is -2.35. The summed E-state index contributed by atoms with van der Waals surface area (Å²) in [7, 11) is 1.74. The number of rotatable bonds is 5. The van der Waals surface area contributed by atoms with Crippen molar-refractivity contribution in [3.05, 3.63) is 29.8 Å². The largest absolute Gasteiger partial charge is 0.396 e. The number of benzene rings is 1. The summed E-state index contributed by atoms with van der Waals surface area (Å²) in [4.78, 5) is 11.5. The number of aliphatic hydroxyl groups excluding tert-OH is 1. The Morgan fingerprint density at radius 3 is 2.50 bits per heavy atom. The minimum atomic E-state index is -0.211. The lowest BCUT2D eigenvalue weighted by Gasteiger charge is -2.11. The number of carbonyl (C=O) groups is 1. The highest BCUT2D eigenvalue weighted by Crippen LogP contribution is 2.10. The fourth-order valence-electron chi connectivity index (χ4n) is 1.27. The van der Waals surface area contributed by atoms with E-state index in [1.807, 2.05) is 24.3 Å². The predicted octanol–water partition coefficient (Wildman–Crippen LogP) is 0.768. The third kappa shape index (κ3) is 3.64. The molecule has 1 rings (SSSR count). The zero-order valence-corrected chi connectivity index (χ0v) is 9.66. The van der Waals surface area contributed by atoms with E-state index in [1.165, 1.54) is 0 Å². The third-order valence-corrected chi connectivity index (χ3v) is 2.45. The van der Waals surface area contributed by atoms with Gasteiger partial charge in [0.15, 0.2) is 0 Å². The minimum Gasteiger partial charge on any atom is -0.396 e. The van der Waals surface area contributed by atoms with Crippen LogP contribution < -0.4 is 10.6 Å². The van der Waals surface area contributed by atoms with Gasteiger partial charge in [-0.05, 0) is 38.1 Å². The number of aliphatic hydroxyl groups is 1. The predicted molar refractivity (Wildman–Crippen MR) is 64.4 cm³/mol. The van der Waals surface area contributed by atoms with Crippen molar-refractivity contribution in [1.82, 2.24) is 5.32 Å². The Hall–Kier alpha value is -1.39. The van der Waals surface area contributed by atoms with Crippen LogP contribution in [0.2, 0.25) is 0 Å². The van der Waals surface area contributed by atoms with Gasteiger partial charge >= 0.3 is 0 Å². The molecule has 88 valence electrons. The van der Waals surface area contributed by atoms with E-state index < -0.39 is 0 Å². The summed E-state index contributed by atoms with van der Waals surface area (Å²) in [5, 5.41) is 14.4. The molecule has 0 aliphatic rings. The Morgan fingerprint density at radius 1 is 1.38 bits per heavy atom. The summed E-state index contributed by atoms with van der Waals surface area (Å²) in [5.74, 6) is -0.0580. The Morgan fingerprint density at radius 2 is 2.00 bits per heavy atom. The maximum Gasteiger partial charge on any atom is 0.241 e. The van der Waals surface area contributed by atoms with Gasteiger partial charge in [0.05, 0.1) is 6.04 Å². The fourth-order valence-corrected chi connectivity index (χ4v) is 1.27. The van der Waals surface area contributed by atoms with E-state index in [9.17, 15) is 4.79 Å². The smallest absolute Gasteiger partial charge is 0.241 e. The van der Waals surface area contributed by atoms with Crippen molar-refractivity contribution in [2.75, 3.05) is 19.0 Å².